The number of nitrogens with zero attached hydrogens (tertiary/aromatic N) is 4. The zero-order valence-corrected chi connectivity index (χ0v) is 11.8. The molecule has 1 aliphatic heterocycles. The summed E-state index contributed by atoms with van der Waals surface area (Å²) >= 11 is 0. The summed E-state index contributed by atoms with van der Waals surface area (Å²) in [7, 11) is -3.11. The van der Waals surface area contributed by atoms with Gasteiger partial charge in [-0.05, 0) is 0 Å². The minimum absolute atomic E-state index is 0.253. The topological polar surface area (TPSA) is 146 Å². The van der Waals surface area contributed by atoms with Crippen molar-refractivity contribution in [1.29, 1.82) is 0 Å². The molecule has 114 valence electrons. The van der Waals surface area contributed by atoms with Gasteiger partial charge >= 0.3 is 8.25 Å². The van der Waals surface area contributed by atoms with E-state index in [1.54, 1.807) is 4.57 Å². The normalized spacial score (nSPS) is 27.2. The highest BCUT2D eigenvalue weighted by atomic mass is 31.1. The summed E-state index contributed by atoms with van der Waals surface area (Å²) < 4.78 is 23.0. The average molecular weight is 315 g/mol. The van der Waals surface area contributed by atoms with Gasteiger partial charge in [0.1, 0.15) is 24.2 Å². The van der Waals surface area contributed by atoms with Gasteiger partial charge in [-0.1, -0.05) is 0 Å². The van der Waals surface area contributed by atoms with Crippen LogP contribution >= 0.6 is 8.25 Å². The molecule has 0 bridgehead atoms. The van der Waals surface area contributed by atoms with Gasteiger partial charge in [0.2, 0.25) is 0 Å². The average Bonchev–Trinajstić information content (AvgIpc) is 3.02. The van der Waals surface area contributed by atoms with Crippen molar-refractivity contribution in [2.45, 2.75) is 24.9 Å². The van der Waals surface area contributed by atoms with Crippen LogP contribution in [0, 0.1) is 0 Å². The number of hydrogen-bond donors (Lipinski definition) is 3. The molecule has 0 saturated carbocycles. The molecule has 10 nitrogen and oxygen atoms in total. The zero-order chi connectivity index (χ0) is 15.0. The summed E-state index contributed by atoms with van der Waals surface area (Å²) in [6, 6.07) is 0. The second kappa shape index (κ2) is 5.66. The molecule has 3 unspecified atom stereocenters. The van der Waals surface area contributed by atoms with Crippen LogP contribution in [0.2, 0.25) is 0 Å². The molecule has 0 aromatic carbocycles. The van der Waals surface area contributed by atoms with E-state index in [2.05, 4.69) is 15.0 Å². The first-order chi connectivity index (χ1) is 10.1. The van der Waals surface area contributed by atoms with Crippen LogP contribution in [-0.2, 0) is 13.8 Å². The number of ether oxygens (including phenoxy) is 1. The molecule has 11 heteroatoms. The Morgan fingerprint density at radius 3 is 3.05 bits per heavy atom. The fourth-order valence-corrected chi connectivity index (χ4v) is 2.88. The Morgan fingerprint density at radius 2 is 2.33 bits per heavy atom. The van der Waals surface area contributed by atoms with Crippen LogP contribution in [0.5, 0.6) is 0 Å². The lowest BCUT2D eigenvalue weighted by Gasteiger charge is -2.14. The molecule has 0 amide bonds. The number of aliphatic hydroxyl groups is 1. The number of aromatic nitrogens is 4. The Morgan fingerprint density at radius 1 is 1.52 bits per heavy atom. The molecule has 21 heavy (non-hydrogen) atoms. The highest BCUT2D eigenvalue weighted by Gasteiger charge is 2.38. The van der Waals surface area contributed by atoms with Crippen molar-refractivity contribution in [2.24, 2.45) is 0 Å². The molecule has 0 radical (unpaired) electrons. The Bertz CT molecular complexity index is 679. The fourth-order valence-electron chi connectivity index (χ4n) is 2.37. The summed E-state index contributed by atoms with van der Waals surface area (Å²) in [5.74, 6) is 0.253. The van der Waals surface area contributed by atoms with E-state index < -0.39 is 26.7 Å². The molecule has 4 atom stereocenters. The van der Waals surface area contributed by atoms with Crippen LogP contribution in [0.1, 0.15) is 12.6 Å². The molecule has 1 saturated heterocycles. The van der Waals surface area contributed by atoms with Crippen molar-refractivity contribution in [3.8, 4) is 0 Å². The highest BCUT2D eigenvalue weighted by Crippen LogP contribution is 2.36. The lowest BCUT2D eigenvalue weighted by atomic mass is 10.2. The van der Waals surface area contributed by atoms with Crippen LogP contribution in [0.3, 0.4) is 0 Å². The fraction of sp³-hybridized carbons (Fsp3) is 0.500. The van der Waals surface area contributed by atoms with Crippen LogP contribution in [0.25, 0.3) is 11.2 Å². The molecule has 1 fully saturated rings. The van der Waals surface area contributed by atoms with Gasteiger partial charge in [0, 0.05) is 6.42 Å². The minimum Gasteiger partial charge on any atom is -0.394 e. The first kappa shape index (κ1) is 14.4. The Balaban J connectivity index is 1.90. The van der Waals surface area contributed by atoms with Crippen molar-refractivity contribution < 1.29 is 23.8 Å². The predicted octanol–water partition coefficient (Wildman–Crippen LogP) is -0.545. The summed E-state index contributed by atoms with van der Waals surface area (Å²) in [4.78, 5) is 21.0. The molecule has 0 aliphatic carbocycles. The van der Waals surface area contributed by atoms with Crippen LogP contribution in [-0.4, -0.2) is 48.3 Å². The third-order valence-corrected chi connectivity index (χ3v) is 3.81. The molecule has 2 aromatic heterocycles. The first-order valence-corrected chi connectivity index (χ1v) is 7.45. The maximum absolute atomic E-state index is 10.8. The molecule has 2 aromatic rings. The second-order valence-electron chi connectivity index (χ2n) is 4.55. The van der Waals surface area contributed by atoms with Crippen LogP contribution in [0.4, 0.5) is 5.82 Å². The van der Waals surface area contributed by atoms with E-state index in [-0.39, 0.29) is 18.8 Å². The van der Waals surface area contributed by atoms with Crippen molar-refractivity contribution >= 4 is 25.2 Å². The van der Waals surface area contributed by atoms with Gasteiger partial charge in [-0.15, -0.1) is 0 Å². The minimum atomic E-state index is -3.11. The molecule has 0 spiro atoms. The maximum atomic E-state index is 10.8. The van der Waals surface area contributed by atoms with E-state index in [4.69, 9.17) is 19.9 Å². The first-order valence-electron chi connectivity index (χ1n) is 6.19. The van der Waals surface area contributed by atoms with Gasteiger partial charge in [0.05, 0.1) is 19.0 Å². The monoisotopic (exact) mass is 315 g/mol. The van der Waals surface area contributed by atoms with Crippen LogP contribution in [0.15, 0.2) is 12.7 Å². The third-order valence-electron chi connectivity index (χ3n) is 3.31. The van der Waals surface area contributed by atoms with E-state index in [1.165, 1.54) is 12.7 Å². The van der Waals surface area contributed by atoms with Crippen LogP contribution < -0.4 is 5.73 Å². The van der Waals surface area contributed by atoms with Gasteiger partial charge in [0.15, 0.2) is 11.5 Å². The lowest BCUT2D eigenvalue weighted by molar-refractivity contribution is -0.0394. The summed E-state index contributed by atoms with van der Waals surface area (Å²) in [6.45, 7) is -0.319. The Labute approximate surface area is 119 Å². The number of nitrogen functional groups attached to an aromatic ring is 1. The van der Waals surface area contributed by atoms with E-state index in [0.717, 1.165) is 0 Å². The highest BCUT2D eigenvalue weighted by molar-refractivity contribution is 7.32. The van der Waals surface area contributed by atoms with Gasteiger partial charge in [-0.2, -0.15) is 0 Å². The van der Waals surface area contributed by atoms with E-state index >= 15 is 0 Å². The quantitative estimate of drug-likeness (QED) is 0.633. The summed E-state index contributed by atoms with van der Waals surface area (Å²) in [5, 5.41) is 9.27. The molecule has 3 heterocycles. The number of fused-ring (bicyclic) bond motifs is 1. The van der Waals surface area contributed by atoms with E-state index in [0.29, 0.717) is 11.2 Å². The Hall–Kier alpha value is -1.58. The standard InChI is InChI=1S/C10H14N5O5P/c11-9-8-10(13-3-12-9)15(4-14-8)7-1-5(20-21(17)18)6(2-16)19-7/h3-7,16,21H,1-2H2,(H,17,18)(H2,11,12,13)/t5?,6-,7?/m1/s1. The van der Waals surface area contributed by atoms with Crippen molar-refractivity contribution in [3.05, 3.63) is 12.7 Å². The van der Waals surface area contributed by atoms with Gasteiger partial charge in [0.25, 0.3) is 0 Å². The Kier molecular flexibility index (Phi) is 3.87. The summed E-state index contributed by atoms with van der Waals surface area (Å²) in [6.07, 6.45) is 1.22. The lowest BCUT2D eigenvalue weighted by Crippen LogP contribution is -2.25. The van der Waals surface area contributed by atoms with Gasteiger partial charge < -0.3 is 25.0 Å². The SMILES string of the molecule is Nc1ncnc2c1ncn2C1CC(O[PH](=O)O)[C@@H](CO)O1. The number of rotatable bonds is 4. The number of anilines is 1. The van der Waals surface area contributed by atoms with Crippen molar-refractivity contribution in [2.75, 3.05) is 12.3 Å². The molecule has 4 N–H and O–H groups in total. The van der Waals surface area contributed by atoms with Gasteiger partial charge in [-0.25, -0.2) is 15.0 Å². The van der Waals surface area contributed by atoms with Gasteiger partial charge in [-0.3, -0.25) is 9.13 Å². The maximum Gasteiger partial charge on any atom is 0.316 e. The molecular weight excluding hydrogens is 301 g/mol. The van der Waals surface area contributed by atoms with Crippen molar-refractivity contribution in [1.82, 2.24) is 19.5 Å². The second-order valence-corrected chi connectivity index (χ2v) is 5.32. The number of imidazole rings is 1. The smallest absolute Gasteiger partial charge is 0.316 e. The van der Waals surface area contributed by atoms with E-state index in [1.807, 2.05) is 0 Å². The zero-order valence-electron chi connectivity index (χ0n) is 10.8. The third kappa shape index (κ3) is 2.63. The number of nitrogens with two attached hydrogens (primary N) is 1. The predicted molar refractivity (Wildman–Crippen MR) is 71.4 cm³/mol. The summed E-state index contributed by atoms with van der Waals surface area (Å²) in [5.41, 5.74) is 6.65. The van der Waals surface area contributed by atoms with E-state index in [9.17, 15) is 9.67 Å². The molecule has 3 rings (SSSR count). The molecular formula is C10H14N5O5P. The van der Waals surface area contributed by atoms with Crippen molar-refractivity contribution in [3.63, 3.8) is 0 Å². The molecule has 1 aliphatic rings. The number of aliphatic hydroxyl groups excluding tert-OH is 1. The largest absolute Gasteiger partial charge is 0.394 e. The number of hydrogen-bond acceptors (Lipinski definition) is 8.